The Morgan fingerprint density at radius 3 is 2.25 bits per heavy atom. The van der Waals surface area contributed by atoms with Crippen molar-refractivity contribution < 1.29 is 19.8 Å². The van der Waals surface area contributed by atoms with Crippen LogP contribution in [0.5, 0.6) is 0 Å². The number of hydrogen-bond acceptors (Lipinski definition) is 5. The number of aromatic nitrogens is 2. The molecule has 0 spiro atoms. The molecule has 2 aromatic rings. The van der Waals surface area contributed by atoms with Crippen LogP contribution in [0.4, 0.5) is 0 Å². The summed E-state index contributed by atoms with van der Waals surface area (Å²) in [7, 11) is 0. The molecule has 0 aliphatic heterocycles. The number of carbonyl (C=O) groups is 2. The molecule has 0 saturated heterocycles. The van der Waals surface area contributed by atoms with Crippen LogP contribution < -0.4 is 17.0 Å². The maximum Gasteiger partial charge on any atom is 0.335 e. The molecule has 9 nitrogen and oxygen atoms in total. The largest absolute Gasteiger partial charge is 0.480 e. The van der Waals surface area contributed by atoms with Gasteiger partial charge in [-0.15, -0.1) is 0 Å². The van der Waals surface area contributed by atoms with E-state index in [2.05, 4.69) is 0 Å². The Labute approximate surface area is 135 Å². The first-order valence-electron chi connectivity index (χ1n) is 6.90. The first-order valence-corrected chi connectivity index (χ1v) is 6.90. The maximum absolute atomic E-state index is 12.3. The van der Waals surface area contributed by atoms with Crippen molar-refractivity contribution in [1.82, 2.24) is 9.13 Å². The van der Waals surface area contributed by atoms with Crippen LogP contribution in [0.15, 0.2) is 46.1 Å². The monoisotopic (exact) mass is 333 g/mol. The lowest BCUT2D eigenvalue weighted by atomic mass is 10.1. The molecule has 1 aromatic heterocycles. The molecule has 0 aliphatic rings. The second kappa shape index (κ2) is 6.92. The van der Waals surface area contributed by atoms with Crippen LogP contribution in [-0.2, 0) is 17.9 Å². The molecule has 0 saturated carbocycles. The van der Waals surface area contributed by atoms with Gasteiger partial charge in [-0.2, -0.15) is 0 Å². The van der Waals surface area contributed by atoms with Crippen molar-refractivity contribution in [2.45, 2.75) is 19.1 Å². The van der Waals surface area contributed by atoms with Crippen LogP contribution in [0.1, 0.15) is 15.9 Å². The quantitative estimate of drug-likeness (QED) is 0.625. The molecule has 1 aromatic carbocycles. The summed E-state index contributed by atoms with van der Waals surface area (Å²) in [6, 6.07) is 5.59. The summed E-state index contributed by atoms with van der Waals surface area (Å²) in [5.74, 6) is -2.34. The first kappa shape index (κ1) is 17.2. The van der Waals surface area contributed by atoms with Gasteiger partial charge in [-0.25, -0.2) is 9.59 Å². The number of aromatic carboxylic acids is 1. The number of carboxylic acids is 2. The zero-order valence-corrected chi connectivity index (χ0v) is 12.5. The fourth-order valence-corrected chi connectivity index (χ4v) is 2.07. The number of nitrogens with zero attached hydrogens (tertiary/aromatic N) is 2. The van der Waals surface area contributed by atoms with Crippen LogP contribution in [0.2, 0.25) is 0 Å². The fourth-order valence-electron chi connectivity index (χ4n) is 2.07. The van der Waals surface area contributed by atoms with Gasteiger partial charge in [-0.05, 0) is 17.7 Å². The molecule has 0 fully saturated rings. The van der Waals surface area contributed by atoms with Gasteiger partial charge in [0, 0.05) is 12.3 Å². The van der Waals surface area contributed by atoms with Crippen LogP contribution >= 0.6 is 0 Å². The zero-order valence-electron chi connectivity index (χ0n) is 12.5. The summed E-state index contributed by atoms with van der Waals surface area (Å²) in [6.07, 6.45) is 1.19. The Bertz CT molecular complexity index is 881. The SMILES string of the molecule is N[C@@H](Cn1ccc(=O)n(Cc2ccc(C(=O)O)cc2)c1=O)C(=O)O. The highest BCUT2D eigenvalue weighted by Gasteiger charge is 2.14. The number of aliphatic carboxylic acids is 1. The summed E-state index contributed by atoms with van der Waals surface area (Å²) < 4.78 is 1.97. The summed E-state index contributed by atoms with van der Waals surface area (Å²) >= 11 is 0. The van der Waals surface area contributed by atoms with Crippen molar-refractivity contribution in [2.75, 3.05) is 0 Å². The van der Waals surface area contributed by atoms with E-state index in [1.165, 1.54) is 30.5 Å². The second-order valence-electron chi connectivity index (χ2n) is 5.12. The average molecular weight is 333 g/mol. The standard InChI is InChI=1S/C15H15N3O6/c16-11(14(22)23)8-17-6-5-12(19)18(15(17)24)7-9-1-3-10(4-2-9)13(20)21/h1-6,11H,7-8,16H2,(H,20,21)(H,22,23)/t11-/m0/s1. The summed E-state index contributed by atoms with van der Waals surface area (Å²) in [4.78, 5) is 45.8. The van der Waals surface area contributed by atoms with Crippen molar-refractivity contribution >= 4 is 11.9 Å². The van der Waals surface area contributed by atoms with Crippen LogP contribution in [-0.4, -0.2) is 37.3 Å². The lowest BCUT2D eigenvalue weighted by Gasteiger charge is -2.12. The van der Waals surface area contributed by atoms with Crippen molar-refractivity contribution in [3.05, 3.63) is 68.5 Å². The van der Waals surface area contributed by atoms with E-state index >= 15 is 0 Å². The van der Waals surface area contributed by atoms with Crippen LogP contribution in [0.25, 0.3) is 0 Å². The van der Waals surface area contributed by atoms with E-state index in [0.717, 1.165) is 15.2 Å². The lowest BCUT2D eigenvalue weighted by molar-refractivity contribution is -0.138. The van der Waals surface area contributed by atoms with E-state index in [9.17, 15) is 19.2 Å². The molecule has 4 N–H and O–H groups in total. The smallest absolute Gasteiger partial charge is 0.335 e. The van der Waals surface area contributed by atoms with Crippen molar-refractivity contribution in [3.8, 4) is 0 Å². The minimum absolute atomic E-state index is 0.0687. The molecule has 0 unspecified atom stereocenters. The molecule has 0 bridgehead atoms. The van der Waals surface area contributed by atoms with Gasteiger partial charge >= 0.3 is 17.6 Å². The summed E-state index contributed by atoms with van der Waals surface area (Å²) in [6.45, 7) is -0.340. The Morgan fingerprint density at radius 2 is 1.71 bits per heavy atom. The molecule has 2 rings (SSSR count). The number of hydrogen-bond donors (Lipinski definition) is 3. The minimum Gasteiger partial charge on any atom is -0.480 e. The normalized spacial score (nSPS) is 11.9. The van der Waals surface area contributed by atoms with Crippen LogP contribution in [0, 0.1) is 0 Å². The number of rotatable bonds is 6. The van der Waals surface area contributed by atoms with Crippen LogP contribution in [0.3, 0.4) is 0 Å². The highest BCUT2D eigenvalue weighted by atomic mass is 16.4. The molecule has 1 atom stereocenters. The minimum atomic E-state index is -1.27. The molecule has 1 heterocycles. The highest BCUT2D eigenvalue weighted by molar-refractivity contribution is 5.87. The first-order chi connectivity index (χ1) is 11.3. The molecule has 9 heteroatoms. The zero-order chi connectivity index (χ0) is 17.9. The molecule has 24 heavy (non-hydrogen) atoms. The molecule has 126 valence electrons. The van der Waals surface area contributed by atoms with Gasteiger partial charge in [-0.1, -0.05) is 12.1 Å². The molecular weight excluding hydrogens is 318 g/mol. The number of nitrogens with two attached hydrogens (primary N) is 1. The molecule has 0 amide bonds. The Kier molecular flexibility index (Phi) is 4.95. The molecular formula is C15H15N3O6. The summed E-state index contributed by atoms with van der Waals surface area (Å²) in [5, 5.41) is 17.7. The van der Waals surface area contributed by atoms with E-state index in [0.29, 0.717) is 5.56 Å². The Balaban J connectivity index is 2.33. The highest BCUT2D eigenvalue weighted by Crippen LogP contribution is 2.05. The van der Waals surface area contributed by atoms with Gasteiger partial charge in [0.05, 0.1) is 18.7 Å². The van der Waals surface area contributed by atoms with Gasteiger partial charge in [0.2, 0.25) is 0 Å². The Morgan fingerprint density at radius 1 is 1.08 bits per heavy atom. The maximum atomic E-state index is 12.3. The lowest BCUT2D eigenvalue weighted by Crippen LogP contribution is -2.44. The van der Waals surface area contributed by atoms with E-state index in [-0.39, 0.29) is 18.7 Å². The predicted octanol–water partition coefficient (Wildman–Crippen LogP) is -0.832. The fraction of sp³-hybridized carbons (Fsp3) is 0.200. The van der Waals surface area contributed by atoms with Gasteiger partial charge < -0.3 is 15.9 Å². The van der Waals surface area contributed by atoms with E-state index in [4.69, 9.17) is 15.9 Å². The van der Waals surface area contributed by atoms with Gasteiger partial charge in [0.25, 0.3) is 5.56 Å². The average Bonchev–Trinajstić information content (AvgIpc) is 2.54. The second-order valence-corrected chi connectivity index (χ2v) is 5.12. The van der Waals surface area contributed by atoms with Crippen molar-refractivity contribution in [3.63, 3.8) is 0 Å². The van der Waals surface area contributed by atoms with E-state index in [1.54, 1.807) is 0 Å². The molecule has 0 aliphatic carbocycles. The Hall–Kier alpha value is -3.20. The van der Waals surface area contributed by atoms with Gasteiger partial charge in [0.1, 0.15) is 6.04 Å². The topological polar surface area (TPSA) is 145 Å². The predicted molar refractivity (Wildman–Crippen MR) is 83.1 cm³/mol. The third-order valence-electron chi connectivity index (χ3n) is 3.39. The van der Waals surface area contributed by atoms with Gasteiger partial charge in [0.15, 0.2) is 0 Å². The van der Waals surface area contributed by atoms with E-state index < -0.39 is 29.2 Å². The summed E-state index contributed by atoms with van der Waals surface area (Å²) in [5.41, 5.74) is 4.80. The third-order valence-corrected chi connectivity index (χ3v) is 3.39. The number of carboxylic acid groups (broad SMARTS) is 2. The third kappa shape index (κ3) is 3.76. The van der Waals surface area contributed by atoms with Crippen molar-refractivity contribution in [2.24, 2.45) is 5.73 Å². The molecule has 0 radical (unpaired) electrons. The van der Waals surface area contributed by atoms with Gasteiger partial charge in [-0.3, -0.25) is 18.7 Å². The van der Waals surface area contributed by atoms with Crippen molar-refractivity contribution in [1.29, 1.82) is 0 Å². The number of benzene rings is 1. The van der Waals surface area contributed by atoms with E-state index in [1.807, 2.05) is 0 Å².